The number of rotatable bonds is 5. The molecule has 1 heterocycles. The average Bonchev–Trinajstić information content (AvgIpc) is 3.38. The van der Waals surface area contributed by atoms with Gasteiger partial charge in [0.1, 0.15) is 17.1 Å². The molecule has 3 N–H and O–H groups in total. The number of phenolic OH excluding ortho intramolecular Hbond substituents is 1. The van der Waals surface area contributed by atoms with E-state index in [1.54, 1.807) is 48.5 Å². The second-order valence-corrected chi connectivity index (χ2v) is 13.4. The number of aromatic carboxylic acids is 1. The van der Waals surface area contributed by atoms with E-state index in [9.17, 15) is 34.5 Å². The van der Waals surface area contributed by atoms with Gasteiger partial charge in [-0.1, -0.05) is 90.5 Å². The number of carboxylic acid groups (broad SMARTS) is 1. The molecule has 9 heteroatoms. The van der Waals surface area contributed by atoms with Crippen LogP contribution in [0, 0.1) is 23.7 Å². The maximum Gasteiger partial charge on any atom is 0.339 e. The van der Waals surface area contributed by atoms with Crippen LogP contribution in [-0.4, -0.2) is 44.7 Å². The Kier molecular flexibility index (Phi) is 7.18. The number of carbonyl (C=O) groups excluding carboxylic acids is 4. The summed E-state index contributed by atoms with van der Waals surface area (Å²) in [5.74, 6) is -7.72. The van der Waals surface area contributed by atoms with Crippen LogP contribution in [0.3, 0.4) is 0 Å². The Hall–Kier alpha value is -6.09. The smallest absolute Gasteiger partial charge is 0.339 e. The van der Waals surface area contributed by atoms with Gasteiger partial charge in [0, 0.05) is 29.0 Å². The summed E-state index contributed by atoms with van der Waals surface area (Å²) in [4.78, 5) is 70.9. The van der Waals surface area contributed by atoms with Crippen molar-refractivity contribution in [2.24, 2.45) is 23.7 Å². The van der Waals surface area contributed by atoms with Crippen molar-refractivity contribution in [3.8, 4) is 11.5 Å². The van der Waals surface area contributed by atoms with Gasteiger partial charge in [0.25, 0.3) is 0 Å². The number of hydrogen-bond donors (Lipinski definition) is 3. The zero-order valence-electron chi connectivity index (χ0n) is 26.6. The van der Waals surface area contributed by atoms with Crippen molar-refractivity contribution in [2.75, 3.05) is 4.90 Å². The van der Waals surface area contributed by atoms with Crippen molar-refractivity contribution in [1.82, 2.24) is 0 Å². The molecule has 4 aromatic carbocycles. The summed E-state index contributed by atoms with van der Waals surface area (Å²) in [7, 11) is 0. The van der Waals surface area contributed by atoms with Gasteiger partial charge in [-0.2, -0.15) is 0 Å². The molecule has 2 fully saturated rings. The number of allylic oxidation sites excluding steroid dienone is 4. The molecule has 2 amide bonds. The van der Waals surface area contributed by atoms with Gasteiger partial charge in [0.05, 0.1) is 22.9 Å². The summed E-state index contributed by atoms with van der Waals surface area (Å²) in [5, 5.41) is 31.2. The largest absolute Gasteiger partial charge is 0.508 e. The van der Waals surface area contributed by atoms with Gasteiger partial charge in [-0.25, -0.2) is 9.69 Å². The zero-order chi connectivity index (χ0) is 34.9. The lowest BCUT2D eigenvalue weighted by Crippen LogP contribution is -2.58. The molecular formula is C41H31NO8. The molecule has 1 saturated carbocycles. The van der Waals surface area contributed by atoms with E-state index in [-0.39, 0.29) is 47.0 Å². The number of ketones is 2. The Balaban J connectivity index is 1.33. The van der Waals surface area contributed by atoms with Crippen LogP contribution < -0.4 is 4.90 Å². The van der Waals surface area contributed by atoms with Crippen molar-refractivity contribution in [3.05, 3.63) is 143 Å². The standard InChI is InChI=1S/C41H31NO8/c43-32-14-8-7-13-26(32)36-25-17-18-28-35(39(48)42(38(28)47)24-15-16-27(40(49)50)33(44)19-24)30(25)20-31-37(46)29(22-9-3-1-4-10-22)21-34(45)41(31,36)23-11-5-2-6-12-23/h1-17,19,21,28,30-31,35-36,43-44H,18,20H2,(H,49,50). The van der Waals surface area contributed by atoms with Crippen molar-refractivity contribution in [1.29, 1.82) is 0 Å². The minimum atomic E-state index is -1.46. The molecule has 0 bridgehead atoms. The molecule has 6 unspecified atom stereocenters. The van der Waals surface area contributed by atoms with E-state index in [2.05, 4.69) is 0 Å². The third kappa shape index (κ3) is 4.35. The molecule has 1 aliphatic heterocycles. The Labute approximate surface area is 286 Å². The summed E-state index contributed by atoms with van der Waals surface area (Å²) in [6.45, 7) is 0. The lowest BCUT2D eigenvalue weighted by Gasteiger charge is -2.55. The quantitative estimate of drug-likeness (QED) is 0.178. The number of aromatic hydroxyl groups is 2. The van der Waals surface area contributed by atoms with Gasteiger partial charge in [-0.3, -0.25) is 19.2 Å². The summed E-state index contributed by atoms with van der Waals surface area (Å²) in [6, 6.07) is 28.4. The van der Waals surface area contributed by atoms with Crippen LogP contribution >= 0.6 is 0 Å². The number of nitrogens with zero attached hydrogens (tertiary/aromatic N) is 1. The Morgan fingerprint density at radius 3 is 2.12 bits per heavy atom. The van der Waals surface area contributed by atoms with Crippen molar-refractivity contribution in [3.63, 3.8) is 0 Å². The molecule has 4 aromatic rings. The molecule has 248 valence electrons. The number of benzene rings is 4. The zero-order valence-corrected chi connectivity index (χ0v) is 26.6. The van der Waals surface area contributed by atoms with E-state index in [0.29, 0.717) is 22.3 Å². The number of Topliss-reactive ketones (excluding diaryl/α,β-unsaturated/α-hetero) is 1. The highest BCUT2D eigenvalue weighted by Gasteiger charge is 2.66. The molecule has 1 saturated heterocycles. The summed E-state index contributed by atoms with van der Waals surface area (Å²) in [5.41, 5.74) is 0.842. The SMILES string of the molecule is O=C(O)c1ccc(N2C(=O)C3CC=C4C(CC5C(=O)C(c6ccccc6)=CC(=O)C5(c5ccccc5)C4c4ccccc4O)C3C2=O)cc1O. The third-order valence-electron chi connectivity index (χ3n) is 11.1. The third-order valence-corrected chi connectivity index (χ3v) is 11.1. The van der Waals surface area contributed by atoms with Gasteiger partial charge < -0.3 is 15.3 Å². The normalized spacial score (nSPS) is 27.2. The van der Waals surface area contributed by atoms with E-state index in [1.165, 1.54) is 12.1 Å². The molecule has 3 aliphatic carbocycles. The second kappa shape index (κ2) is 11.5. The number of anilines is 1. The van der Waals surface area contributed by atoms with Crippen LogP contribution in [0.4, 0.5) is 5.69 Å². The number of fused-ring (bicyclic) bond motifs is 4. The highest BCUT2D eigenvalue weighted by molar-refractivity contribution is 6.32. The van der Waals surface area contributed by atoms with E-state index >= 15 is 4.79 Å². The number of para-hydroxylation sites is 1. The molecule has 0 spiro atoms. The first kappa shape index (κ1) is 31.2. The highest BCUT2D eigenvalue weighted by atomic mass is 16.4. The van der Waals surface area contributed by atoms with Gasteiger partial charge in [-0.15, -0.1) is 0 Å². The van der Waals surface area contributed by atoms with Gasteiger partial charge in [-0.05, 0) is 54.2 Å². The Morgan fingerprint density at radius 1 is 0.760 bits per heavy atom. The molecule has 6 atom stereocenters. The summed E-state index contributed by atoms with van der Waals surface area (Å²) < 4.78 is 0. The molecule has 50 heavy (non-hydrogen) atoms. The highest BCUT2D eigenvalue weighted by Crippen LogP contribution is 2.64. The van der Waals surface area contributed by atoms with Crippen LogP contribution in [0.25, 0.3) is 5.57 Å². The fourth-order valence-corrected chi connectivity index (χ4v) is 9.04. The molecular weight excluding hydrogens is 634 g/mol. The first-order valence-corrected chi connectivity index (χ1v) is 16.5. The molecule has 0 radical (unpaired) electrons. The van der Waals surface area contributed by atoms with E-state index in [1.807, 2.05) is 42.5 Å². The van der Waals surface area contributed by atoms with Gasteiger partial charge in [0.2, 0.25) is 11.8 Å². The van der Waals surface area contributed by atoms with E-state index in [0.717, 1.165) is 17.0 Å². The number of imide groups is 1. The minimum absolute atomic E-state index is 0.0448. The number of amides is 2. The van der Waals surface area contributed by atoms with Crippen LogP contribution in [0.1, 0.15) is 45.8 Å². The van der Waals surface area contributed by atoms with Crippen molar-refractivity contribution in [2.45, 2.75) is 24.2 Å². The average molecular weight is 666 g/mol. The predicted molar refractivity (Wildman–Crippen MR) is 182 cm³/mol. The fourth-order valence-electron chi connectivity index (χ4n) is 9.04. The van der Waals surface area contributed by atoms with Crippen LogP contribution in [-0.2, 0) is 24.6 Å². The summed E-state index contributed by atoms with van der Waals surface area (Å²) in [6.07, 6.45) is 3.60. The van der Waals surface area contributed by atoms with Crippen molar-refractivity contribution >= 4 is 40.6 Å². The first-order valence-electron chi connectivity index (χ1n) is 16.5. The molecule has 4 aliphatic rings. The van der Waals surface area contributed by atoms with E-state index in [4.69, 9.17) is 0 Å². The van der Waals surface area contributed by atoms with Crippen molar-refractivity contribution < 1.29 is 39.3 Å². The van der Waals surface area contributed by atoms with Crippen LogP contribution in [0.5, 0.6) is 11.5 Å². The maximum absolute atomic E-state index is 15.0. The predicted octanol–water partition coefficient (Wildman–Crippen LogP) is 5.83. The minimum Gasteiger partial charge on any atom is -0.508 e. The molecule has 8 rings (SSSR count). The molecule has 0 aromatic heterocycles. The van der Waals surface area contributed by atoms with Gasteiger partial charge >= 0.3 is 5.97 Å². The maximum atomic E-state index is 15.0. The first-order chi connectivity index (χ1) is 24.1. The van der Waals surface area contributed by atoms with Gasteiger partial charge in [0.15, 0.2) is 11.6 Å². The Morgan fingerprint density at radius 2 is 1.44 bits per heavy atom. The fraction of sp³-hybridized carbons (Fsp3) is 0.195. The lowest BCUT2D eigenvalue weighted by molar-refractivity contribution is -0.135. The topological polar surface area (TPSA) is 149 Å². The number of carboxylic acids is 1. The van der Waals surface area contributed by atoms with Crippen LogP contribution in [0.2, 0.25) is 0 Å². The lowest BCUT2D eigenvalue weighted by atomic mass is 9.44. The number of phenols is 2. The second-order valence-electron chi connectivity index (χ2n) is 13.4. The molecule has 9 nitrogen and oxygen atoms in total. The monoisotopic (exact) mass is 665 g/mol. The van der Waals surface area contributed by atoms with E-state index < -0.39 is 58.5 Å². The van der Waals surface area contributed by atoms with Crippen LogP contribution in [0.15, 0.2) is 121 Å². The summed E-state index contributed by atoms with van der Waals surface area (Å²) >= 11 is 0. The number of hydrogen-bond acceptors (Lipinski definition) is 7. The Bertz CT molecular complexity index is 2190. The number of carbonyl (C=O) groups is 5.